The summed E-state index contributed by atoms with van der Waals surface area (Å²) in [6.07, 6.45) is 0.524. The van der Waals surface area contributed by atoms with Crippen LogP contribution < -0.4 is 5.32 Å². The van der Waals surface area contributed by atoms with Crippen LogP contribution in [0.3, 0.4) is 0 Å². The first-order chi connectivity index (χ1) is 8.58. The first-order valence-corrected chi connectivity index (χ1v) is 5.92. The number of carbonyl (C=O) groups is 1. The molecule has 100 valence electrons. The molecule has 18 heavy (non-hydrogen) atoms. The van der Waals surface area contributed by atoms with Crippen LogP contribution in [0.2, 0.25) is 0 Å². The maximum Gasteiger partial charge on any atom is 0.323 e. The van der Waals surface area contributed by atoms with Gasteiger partial charge in [-0.3, -0.25) is 4.79 Å². The predicted octanol–water partition coefficient (Wildman–Crippen LogP) is 2.40. The Hall–Kier alpha value is -1.49. The summed E-state index contributed by atoms with van der Waals surface area (Å²) in [5.41, 5.74) is 0.192. The minimum atomic E-state index is -0.507. The van der Waals surface area contributed by atoms with Crippen LogP contribution in [0, 0.1) is 11.6 Å². The van der Waals surface area contributed by atoms with E-state index in [9.17, 15) is 13.6 Å². The number of nitrogens with one attached hydrogen (secondary N) is 1. The fourth-order valence-corrected chi connectivity index (χ4v) is 1.55. The Morgan fingerprint density at radius 3 is 2.72 bits per heavy atom. The van der Waals surface area contributed by atoms with Crippen molar-refractivity contribution in [2.75, 3.05) is 6.61 Å². The summed E-state index contributed by atoms with van der Waals surface area (Å²) in [6.45, 7) is 3.92. The first-order valence-electron chi connectivity index (χ1n) is 5.92. The molecule has 1 atom stereocenters. The highest BCUT2D eigenvalue weighted by Gasteiger charge is 2.17. The predicted molar refractivity (Wildman–Crippen MR) is 63.9 cm³/mol. The summed E-state index contributed by atoms with van der Waals surface area (Å²) in [5.74, 6) is -1.38. The van der Waals surface area contributed by atoms with E-state index < -0.39 is 17.7 Å². The monoisotopic (exact) mass is 257 g/mol. The van der Waals surface area contributed by atoms with Crippen LogP contribution in [0.1, 0.15) is 25.8 Å². The van der Waals surface area contributed by atoms with Crippen LogP contribution in [0.25, 0.3) is 0 Å². The lowest BCUT2D eigenvalue weighted by Gasteiger charge is -2.15. The summed E-state index contributed by atoms with van der Waals surface area (Å²) in [5, 5.41) is 2.86. The zero-order chi connectivity index (χ0) is 13.5. The third kappa shape index (κ3) is 4.07. The van der Waals surface area contributed by atoms with Gasteiger partial charge in [0.05, 0.1) is 6.61 Å². The van der Waals surface area contributed by atoms with E-state index in [2.05, 4.69) is 5.32 Å². The fourth-order valence-electron chi connectivity index (χ4n) is 1.55. The summed E-state index contributed by atoms with van der Waals surface area (Å²) < 4.78 is 31.2. The molecule has 0 spiro atoms. The van der Waals surface area contributed by atoms with E-state index in [4.69, 9.17) is 4.74 Å². The van der Waals surface area contributed by atoms with Crippen molar-refractivity contribution in [1.29, 1.82) is 0 Å². The lowest BCUT2D eigenvalue weighted by Crippen LogP contribution is -2.37. The normalized spacial score (nSPS) is 12.2. The molecule has 1 aromatic carbocycles. The highest BCUT2D eigenvalue weighted by atomic mass is 19.1. The van der Waals surface area contributed by atoms with Crippen molar-refractivity contribution in [2.24, 2.45) is 0 Å². The molecule has 1 rings (SSSR count). The van der Waals surface area contributed by atoms with Crippen molar-refractivity contribution in [2.45, 2.75) is 32.9 Å². The highest BCUT2D eigenvalue weighted by Crippen LogP contribution is 2.10. The Morgan fingerprint density at radius 1 is 1.39 bits per heavy atom. The third-order valence-electron chi connectivity index (χ3n) is 2.53. The van der Waals surface area contributed by atoms with Crippen molar-refractivity contribution >= 4 is 5.97 Å². The van der Waals surface area contributed by atoms with Gasteiger partial charge in [0.15, 0.2) is 0 Å². The maximum atomic E-state index is 13.4. The number of hydrogen-bond donors (Lipinski definition) is 1. The van der Waals surface area contributed by atoms with Crippen LogP contribution in [-0.2, 0) is 16.1 Å². The summed E-state index contributed by atoms with van der Waals surface area (Å²) in [6, 6.07) is 2.73. The minimum Gasteiger partial charge on any atom is -0.465 e. The molecule has 0 aliphatic heterocycles. The van der Waals surface area contributed by atoms with Gasteiger partial charge in [0.1, 0.15) is 17.7 Å². The highest BCUT2D eigenvalue weighted by molar-refractivity contribution is 5.75. The minimum absolute atomic E-state index is 0.0842. The molecule has 0 saturated carbocycles. The molecule has 0 aliphatic carbocycles. The van der Waals surface area contributed by atoms with Gasteiger partial charge in [-0.2, -0.15) is 0 Å². The molecule has 3 nitrogen and oxygen atoms in total. The van der Waals surface area contributed by atoms with Gasteiger partial charge in [0, 0.05) is 12.1 Å². The van der Waals surface area contributed by atoms with E-state index in [1.54, 1.807) is 6.92 Å². The second-order valence-corrected chi connectivity index (χ2v) is 3.83. The number of rotatable bonds is 6. The molecular formula is C13H17F2NO2. The fraction of sp³-hybridized carbons (Fsp3) is 0.462. The number of esters is 1. The molecule has 0 amide bonds. The van der Waals surface area contributed by atoms with Crippen LogP contribution in [-0.4, -0.2) is 18.6 Å². The number of hydrogen-bond acceptors (Lipinski definition) is 3. The van der Waals surface area contributed by atoms with Crippen molar-refractivity contribution in [3.05, 3.63) is 35.4 Å². The summed E-state index contributed by atoms with van der Waals surface area (Å²) in [4.78, 5) is 11.5. The maximum absolute atomic E-state index is 13.4. The van der Waals surface area contributed by atoms with Gasteiger partial charge in [-0.25, -0.2) is 8.78 Å². The summed E-state index contributed by atoms with van der Waals surface area (Å²) >= 11 is 0. The van der Waals surface area contributed by atoms with Gasteiger partial charge in [-0.15, -0.1) is 0 Å². The van der Waals surface area contributed by atoms with E-state index >= 15 is 0 Å². The standard InChI is InChI=1S/C13H17F2NO2/c1-3-12(13(17)18-4-2)16-8-9-7-10(14)5-6-11(9)15/h5-7,12,16H,3-4,8H2,1-2H3. The zero-order valence-electron chi connectivity index (χ0n) is 10.5. The Morgan fingerprint density at radius 2 is 2.11 bits per heavy atom. The number of benzene rings is 1. The second kappa shape index (κ2) is 7.06. The first kappa shape index (κ1) is 14.6. The van der Waals surface area contributed by atoms with Gasteiger partial charge in [-0.05, 0) is 31.5 Å². The average Bonchev–Trinajstić information content (AvgIpc) is 2.34. The molecule has 0 bridgehead atoms. The molecule has 5 heteroatoms. The van der Waals surface area contributed by atoms with Crippen molar-refractivity contribution in [3.8, 4) is 0 Å². The SMILES string of the molecule is CCOC(=O)C(CC)NCc1cc(F)ccc1F. The van der Waals surface area contributed by atoms with E-state index in [1.165, 1.54) is 0 Å². The van der Waals surface area contributed by atoms with Crippen LogP contribution in [0.15, 0.2) is 18.2 Å². The van der Waals surface area contributed by atoms with E-state index in [0.29, 0.717) is 13.0 Å². The molecule has 0 saturated heterocycles. The van der Waals surface area contributed by atoms with Gasteiger partial charge in [0.2, 0.25) is 0 Å². The van der Waals surface area contributed by atoms with Gasteiger partial charge < -0.3 is 10.1 Å². The lowest BCUT2D eigenvalue weighted by molar-refractivity contribution is -0.145. The zero-order valence-corrected chi connectivity index (χ0v) is 10.5. The molecule has 1 N–H and O–H groups in total. The topological polar surface area (TPSA) is 38.3 Å². The average molecular weight is 257 g/mol. The van der Waals surface area contributed by atoms with Crippen molar-refractivity contribution in [1.82, 2.24) is 5.32 Å². The molecule has 0 heterocycles. The quantitative estimate of drug-likeness (QED) is 0.795. The molecule has 1 unspecified atom stereocenters. The van der Waals surface area contributed by atoms with E-state index in [0.717, 1.165) is 18.2 Å². The van der Waals surface area contributed by atoms with Gasteiger partial charge >= 0.3 is 5.97 Å². The van der Waals surface area contributed by atoms with E-state index in [1.807, 2.05) is 6.92 Å². The third-order valence-corrected chi connectivity index (χ3v) is 2.53. The number of ether oxygens (including phenoxy) is 1. The number of halogens is 2. The van der Waals surface area contributed by atoms with Gasteiger partial charge in [0.25, 0.3) is 0 Å². The molecule has 0 fully saturated rings. The van der Waals surface area contributed by atoms with Gasteiger partial charge in [-0.1, -0.05) is 6.92 Å². The number of carbonyl (C=O) groups excluding carboxylic acids is 1. The van der Waals surface area contributed by atoms with Crippen molar-refractivity contribution in [3.63, 3.8) is 0 Å². The smallest absolute Gasteiger partial charge is 0.323 e. The Labute approximate surface area is 105 Å². The Bertz CT molecular complexity index is 410. The molecule has 0 aromatic heterocycles. The molecule has 0 aliphatic rings. The van der Waals surface area contributed by atoms with Crippen LogP contribution in [0.5, 0.6) is 0 Å². The molecule has 1 aromatic rings. The Balaban J connectivity index is 2.62. The van der Waals surface area contributed by atoms with Crippen molar-refractivity contribution < 1.29 is 18.3 Å². The lowest BCUT2D eigenvalue weighted by atomic mass is 10.1. The largest absolute Gasteiger partial charge is 0.465 e. The van der Waals surface area contributed by atoms with E-state index in [-0.39, 0.29) is 18.1 Å². The molecular weight excluding hydrogens is 240 g/mol. The Kier molecular flexibility index (Phi) is 5.71. The summed E-state index contributed by atoms with van der Waals surface area (Å²) in [7, 11) is 0. The van der Waals surface area contributed by atoms with Crippen LogP contribution >= 0.6 is 0 Å². The molecule has 0 radical (unpaired) electrons. The second-order valence-electron chi connectivity index (χ2n) is 3.83. The van der Waals surface area contributed by atoms with Crippen LogP contribution in [0.4, 0.5) is 8.78 Å².